The second kappa shape index (κ2) is 15.4. The highest BCUT2D eigenvalue weighted by Gasteiger charge is 2.21. The van der Waals surface area contributed by atoms with Crippen molar-refractivity contribution in [1.29, 1.82) is 0 Å². The molecule has 2 aromatic rings. The lowest BCUT2D eigenvalue weighted by Crippen LogP contribution is -3.00. The Morgan fingerprint density at radius 1 is 0.938 bits per heavy atom. The van der Waals surface area contributed by atoms with Crippen LogP contribution in [0.25, 0.3) is 0 Å². The van der Waals surface area contributed by atoms with Gasteiger partial charge in [0.25, 0.3) is 0 Å². The van der Waals surface area contributed by atoms with Crippen molar-refractivity contribution in [2.75, 3.05) is 49.1 Å². The van der Waals surface area contributed by atoms with E-state index in [9.17, 15) is 0 Å². The second-order valence-electron chi connectivity index (χ2n) is 7.30. The molecule has 0 saturated carbocycles. The van der Waals surface area contributed by atoms with E-state index in [0.717, 1.165) is 63.7 Å². The maximum atomic E-state index is 5.69. The Morgan fingerprint density at radius 2 is 1.59 bits per heavy atom. The molecule has 1 aromatic heterocycles. The van der Waals surface area contributed by atoms with Crippen molar-refractivity contribution >= 4 is 23.0 Å². The highest BCUT2D eigenvalue weighted by Crippen LogP contribution is 2.36. The van der Waals surface area contributed by atoms with Gasteiger partial charge in [-0.15, -0.1) is 0 Å². The fourth-order valence-corrected chi connectivity index (χ4v) is 3.78. The zero-order valence-electron chi connectivity index (χ0n) is 18.9. The number of nitrogens with zero attached hydrogens (tertiary/aromatic N) is 6. The van der Waals surface area contributed by atoms with Gasteiger partial charge in [-0.25, -0.2) is 9.13 Å². The Hall–Kier alpha value is -1.39. The standard InChI is InChI=1S/C21H35N8.BrH.2ClH/c1-3-26-13-14-27(4-2)20-17-18(7-8-19(20)26)24-25-21-28(11-5-9-22)15-16-29(21)12-6-10-23;;;/h7-8,15-17H,3-6,9-14,22-23H2,1-2H3;3*1H/q+1;;;/p-3. The van der Waals surface area contributed by atoms with E-state index in [2.05, 4.69) is 61.2 Å². The van der Waals surface area contributed by atoms with Crippen LogP contribution < -0.4 is 67.6 Å². The number of halogens is 3. The molecule has 4 N–H and O–H groups in total. The molecule has 0 amide bonds. The average Bonchev–Trinajstić information content (AvgIpc) is 3.15. The van der Waals surface area contributed by atoms with Gasteiger partial charge in [0.2, 0.25) is 0 Å². The number of hydrogen-bond donors (Lipinski definition) is 2. The van der Waals surface area contributed by atoms with Gasteiger partial charge in [-0.05, 0) is 58.0 Å². The Morgan fingerprint density at radius 3 is 2.22 bits per heavy atom. The highest BCUT2D eigenvalue weighted by atomic mass is 79.9. The average molecular weight is 550 g/mol. The van der Waals surface area contributed by atoms with E-state index in [-0.39, 0.29) is 41.8 Å². The van der Waals surface area contributed by atoms with Gasteiger partial charge in [-0.3, -0.25) is 0 Å². The number of anilines is 2. The van der Waals surface area contributed by atoms with E-state index in [1.807, 2.05) is 12.4 Å². The number of hydrogen-bond acceptors (Lipinski definition) is 6. The van der Waals surface area contributed by atoms with Gasteiger partial charge in [0, 0.05) is 31.3 Å². The number of azo groups is 1. The van der Waals surface area contributed by atoms with E-state index in [1.54, 1.807) is 0 Å². The zero-order valence-corrected chi connectivity index (χ0v) is 22.0. The van der Waals surface area contributed by atoms with Gasteiger partial charge in [-0.1, -0.05) is 5.11 Å². The van der Waals surface area contributed by atoms with E-state index < -0.39 is 0 Å². The van der Waals surface area contributed by atoms with E-state index in [4.69, 9.17) is 11.5 Å². The van der Waals surface area contributed by atoms with Crippen LogP contribution in [0.4, 0.5) is 23.0 Å². The minimum absolute atomic E-state index is 0. The number of rotatable bonds is 10. The van der Waals surface area contributed by atoms with Gasteiger partial charge >= 0.3 is 5.95 Å². The molecule has 0 aliphatic carbocycles. The quantitative estimate of drug-likeness (QED) is 0.228. The summed E-state index contributed by atoms with van der Waals surface area (Å²) in [6, 6.07) is 6.38. The van der Waals surface area contributed by atoms with Gasteiger partial charge in [0.1, 0.15) is 5.69 Å². The first-order chi connectivity index (χ1) is 14.2. The summed E-state index contributed by atoms with van der Waals surface area (Å²) in [5.74, 6) is 0.840. The molecule has 0 saturated heterocycles. The topological polar surface area (TPSA) is 92.0 Å². The van der Waals surface area contributed by atoms with Crippen LogP contribution >= 0.6 is 0 Å². The molecular formula is C21H35BrCl2N8-2. The van der Waals surface area contributed by atoms with Crippen molar-refractivity contribution in [3.05, 3.63) is 30.6 Å². The number of aryl methyl sites for hydroxylation is 2. The SMILES string of the molecule is CCN1CCN(CC)c2cc(N=Nc3n(CCCN)cc[n+]3CCCN)ccc21.[Br-].[Cl-].[Cl-]. The molecule has 1 aromatic carbocycles. The van der Waals surface area contributed by atoms with Gasteiger partial charge in [-0.2, -0.15) is 0 Å². The van der Waals surface area contributed by atoms with Crippen LogP contribution in [0.3, 0.4) is 0 Å². The summed E-state index contributed by atoms with van der Waals surface area (Å²) in [7, 11) is 0. The van der Waals surface area contributed by atoms with Crippen molar-refractivity contribution in [3.8, 4) is 0 Å². The maximum absolute atomic E-state index is 5.69. The van der Waals surface area contributed by atoms with E-state index in [0.29, 0.717) is 13.1 Å². The van der Waals surface area contributed by atoms with Crippen molar-refractivity contribution in [1.82, 2.24) is 4.57 Å². The lowest BCUT2D eigenvalue weighted by molar-refractivity contribution is -0.683. The molecule has 3 rings (SSSR count). The molecule has 1 aliphatic rings. The largest absolute Gasteiger partial charge is 1.00 e. The molecule has 32 heavy (non-hydrogen) atoms. The van der Waals surface area contributed by atoms with Crippen LogP contribution in [0.5, 0.6) is 0 Å². The van der Waals surface area contributed by atoms with Gasteiger partial charge < -0.3 is 63.1 Å². The first-order valence-electron chi connectivity index (χ1n) is 10.8. The second-order valence-corrected chi connectivity index (χ2v) is 7.30. The van der Waals surface area contributed by atoms with Crippen LogP contribution in [0, 0.1) is 0 Å². The number of likely N-dealkylation sites (N-methyl/N-ethyl adjacent to an activating group) is 2. The molecule has 0 spiro atoms. The van der Waals surface area contributed by atoms with Gasteiger partial charge in [0.15, 0.2) is 0 Å². The third kappa shape index (κ3) is 7.31. The Kier molecular flexibility index (Phi) is 14.8. The van der Waals surface area contributed by atoms with Crippen LogP contribution in [0.2, 0.25) is 0 Å². The van der Waals surface area contributed by atoms with Crippen LogP contribution in [0.1, 0.15) is 26.7 Å². The zero-order chi connectivity index (χ0) is 20.6. The molecule has 8 nitrogen and oxygen atoms in total. The smallest absolute Gasteiger partial charge is 0.421 e. The summed E-state index contributed by atoms with van der Waals surface area (Å²) < 4.78 is 4.23. The first kappa shape index (κ1) is 30.6. The number of benzene rings is 1. The fourth-order valence-electron chi connectivity index (χ4n) is 3.78. The van der Waals surface area contributed by atoms with Crippen molar-refractivity contribution < 1.29 is 46.4 Å². The predicted octanol–water partition coefficient (Wildman–Crippen LogP) is -6.43. The lowest BCUT2D eigenvalue weighted by Gasteiger charge is -2.38. The van der Waals surface area contributed by atoms with E-state index in [1.165, 1.54) is 11.4 Å². The van der Waals surface area contributed by atoms with Crippen LogP contribution in [-0.2, 0) is 13.1 Å². The number of aromatic nitrogens is 2. The number of imidazole rings is 1. The molecule has 11 heteroatoms. The van der Waals surface area contributed by atoms with Crippen molar-refractivity contribution in [2.24, 2.45) is 21.7 Å². The van der Waals surface area contributed by atoms with Gasteiger partial charge in [0.05, 0.1) is 36.9 Å². The summed E-state index contributed by atoms with van der Waals surface area (Å²) in [6.45, 7) is 11.5. The highest BCUT2D eigenvalue weighted by molar-refractivity contribution is 5.76. The molecule has 182 valence electrons. The predicted molar refractivity (Wildman–Crippen MR) is 118 cm³/mol. The summed E-state index contributed by atoms with van der Waals surface area (Å²) in [5.41, 5.74) is 14.8. The Bertz CT molecular complexity index is 805. The van der Waals surface area contributed by atoms with Crippen molar-refractivity contribution in [3.63, 3.8) is 0 Å². The molecular weight excluding hydrogens is 515 g/mol. The monoisotopic (exact) mass is 548 g/mol. The minimum Gasteiger partial charge on any atom is -1.00 e. The number of fused-ring (bicyclic) bond motifs is 1. The Balaban J connectivity index is 0.00000320. The molecule has 0 unspecified atom stereocenters. The first-order valence-corrected chi connectivity index (χ1v) is 10.8. The number of nitrogens with two attached hydrogens (primary N) is 2. The van der Waals surface area contributed by atoms with Crippen LogP contribution in [-0.4, -0.2) is 43.8 Å². The third-order valence-corrected chi connectivity index (χ3v) is 5.45. The maximum Gasteiger partial charge on any atom is 0.421 e. The summed E-state index contributed by atoms with van der Waals surface area (Å²) in [4.78, 5) is 4.83. The summed E-state index contributed by atoms with van der Waals surface area (Å²) in [5, 5.41) is 9.21. The lowest BCUT2D eigenvalue weighted by atomic mass is 10.1. The van der Waals surface area contributed by atoms with Crippen LogP contribution in [0.15, 0.2) is 40.8 Å². The normalized spacial score (nSPS) is 12.8. The molecule has 2 heterocycles. The fraction of sp³-hybridized carbons (Fsp3) is 0.571. The Labute approximate surface area is 214 Å². The molecule has 0 atom stereocenters. The van der Waals surface area contributed by atoms with E-state index >= 15 is 0 Å². The minimum atomic E-state index is 0. The summed E-state index contributed by atoms with van der Waals surface area (Å²) >= 11 is 0. The molecule has 0 bridgehead atoms. The van der Waals surface area contributed by atoms with Crippen molar-refractivity contribution in [2.45, 2.75) is 39.8 Å². The molecule has 0 radical (unpaired) electrons. The molecule has 0 fully saturated rings. The molecule has 1 aliphatic heterocycles. The summed E-state index contributed by atoms with van der Waals surface area (Å²) in [6.07, 6.45) is 5.91. The third-order valence-electron chi connectivity index (χ3n) is 5.45.